The van der Waals surface area contributed by atoms with Gasteiger partial charge in [-0.15, -0.1) is 0 Å². The maximum Gasteiger partial charge on any atom is 0.165 e. The summed E-state index contributed by atoms with van der Waals surface area (Å²) in [7, 11) is 0. The molecule has 0 unspecified atom stereocenters. The molecule has 0 rings (SSSR count). The van der Waals surface area contributed by atoms with E-state index in [-0.39, 0.29) is 18.0 Å². The lowest BCUT2D eigenvalue weighted by Crippen LogP contribution is -2.23. The van der Waals surface area contributed by atoms with Crippen LogP contribution in [0.2, 0.25) is 0 Å². The third kappa shape index (κ3) is 4.02. The van der Waals surface area contributed by atoms with Crippen LogP contribution < -0.4 is 0 Å². The van der Waals surface area contributed by atoms with Crippen LogP contribution in [0.1, 0.15) is 41.0 Å². The summed E-state index contributed by atoms with van der Waals surface area (Å²) in [6, 6.07) is 0. The second kappa shape index (κ2) is 4.35. The van der Waals surface area contributed by atoms with Crippen molar-refractivity contribution in [3.05, 3.63) is 11.6 Å². The van der Waals surface area contributed by atoms with Gasteiger partial charge in [0, 0.05) is 5.41 Å². The van der Waals surface area contributed by atoms with E-state index in [9.17, 15) is 9.59 Å². The van der Waals surface area contributed by atoms with E-state index in [0.717, 1.165) is 0 Å². The third-order valence-electron chi connectivity index (χ3n) is 2.03. The van der Waals surface area contributed by atoms with Crippen molar-refractivity contribution in [2.24, 2.45) is 5.41 Å². The summed E-state index contributed by atoms with van der Waals surface area (Å²) < 4.78 is 0. The number of rotatable bonds is 3. The Hall–Kier alpha value is -0.920. The molecule has 0 bridgehead atoms. The zero-order valence-electron chi connectivity index (χ0n) is 9.10. The van der Waals surface area contributed by atoms with Gasteiger partial charge >= 0.3 is 0 Å². The van der Waals surface area contributed by atoms with Gasteiger partial charge in [-0.3, -0.25) is 9.59 Å². The molecule has 0 aliphatic rings. The summed E-state index contributed by atoms with van der Waals surface area (Å²) in [6.45, 7) is 9.02. The van der Waals surface area contributed by atoms with E-state index in [4.69, 9.17) is 0 Å². The summed E-state index contributed by atoms with van der Waals surface area (Å²) in [5.41, 5.74) is 0.251. The second-order valence-corrected chi connectivity index (χ2v) is 4.24. The molecule has 0 amide bonds. The Balaban J connectivity index is 4.33. The van der Waals surface area contributed by atoms with Crippen molar-refractivity contribution < 1.29 is 9.59 Å². The SMILES string of the molecule is C/C=C(/C)C(=O)CC(=O)C(C)(C)C. The quantitative estimate of drug-likeness (QED) is 0.496. The van der Waals surface area contributed by atoms with Crippen molar-refractivity contribution >= 4 is 11.6 Å². The Morgan fingerprint density at radius 2 is 1.69 bits per heavy atom. The summed E-state index contributed by atoms with van der Waals surface area (Å²) in [5, 5.41) is 0. The molecule has 0 saturated carbocycles. The van der Waals surface area contributed by atoms with Gasteiger partial charge in [-0.1, -0.05) is 26.8 Å². The normalized spacial score (nSPS) is 12.8. The van der Waals surface area contributed by atoms with Crippen LogP contribution in [-0.4, -0.2) is 11.6 Å². The van der Waals surface area contributed by atoms with Crippen molar-refractivity contribution in [1.82, 2.24) is 0 Å². The molecule has 2 heteroatoms. The van der Waals surface area contributed by atoms with Gasteiger partial charge in [-0.2, -0.15) is 0 Å². The first-order chi connectivity index (χ1) is 5.79. The van der Waals surface area contributed by atoms with Gasteiger partial charge in [0.05, 0.1) is 6.42 Å². The lowest BCUT2D eigenvalue weighted by Gasteiger charge is -2.15. The fraction of sp³-hybridized carbons (Fsp3) is 0.636. The molecule has 74 valence electrons. The number of Topliss-reactive ketones (excluding diaryl/α,β-unsaturated/α-hetero) is 2. The molecule has 0 atom stereocenters. The lowest BCUT2D eigenvalue weighted by atomic mass is 9.87. The summed E-state index contributed by atoms with van der Waals surface area (Å²) in [4.78, 5) is 22.8. The van der Waals surface area contributed by atoms with E-state index in [2.05, 4.69) is 0 Å². The molecule has 0 fully saturated rings. The summed E-state index contributed by atoms with van der Waals surface area (Å²) in [6.07, 6.45) is 1.76. The molecule has 0 aliphatic heterocycles. The summed E-state index contributed by atoms with van der Waals surface area (Å²) in [5.74, 6) is -0.0684. The van der Waals surface area contributed by atoms with E-state index in [0.29, 0.717) is 5.57 Å². The van der Waals surface area contributed by atoms with Crippen molar-refractivity contribution in [3.8, 4) is 0 Å². The topological polar surface area (TPSA) is 34.1 Å². The fourth-order valence-corrected chi connectivity index (χ4v) is 0.711. The van der Waals surface area contributed by atoms with Crippen LogP contribution in [0.25, 0.3) is 0 Å². The zero-order valence-corrected chi connectivity index (χ0v) is 9.10. The first-order valence-corrected chi connectivity index (χ1v) is 4.48. The molecule has 0 aromatic heterocycles. The highest BCUT2D eigenvalue weighted by molar-refractivity contribution is 6.08. The largest absolute Gasteiger partial charge is 0.299 e. The van der Waals surface area contributed by atoms with Crippen LogP contribution in [-0.2, 0) is 9.59 Å². The number of hydrogen-bond acceptors (Lipinski definition) is 2. The Morgan fingerprint density at radius 1 is 1.23 bits per heavy atom. The maximum absolute atomic E-state index is 11.4. The van der Waals surface area contributed by atoms with Crippen molar-refractivity contribution in [2.75, 3.05) is 0 Å². The Bertz CT molecular complexity index is 241. The van der Waals surface area contributed by atoms with Crippen LogP contribution in [0.15, 0.2) is 11.6 Å². The first-order valence-electron chi connectivity index (χ1n) is 4.48. The molecule has 13 heavy (non-hydrogen) atoms. The molecule has 0 N–H and O–H groups in total. The van der Waals surface area contributed by atoms with Gasteiger partial charge in [0.25, 0.3) is 0 Å². The minimum atomic E-state index is -0.413. The van der Waals surface area contributed by atoms with Gasteiger partial charge in [0.1, 0.15) is 5.78 Å². The van der Waals surface area contributed by atoms with Crippen LogP contribution in [0.5, 0.6) is 0 Å². The Kier molecular flexibility index (Phi) is 4.05. The average Bonchev–Trinajstić information content (AvgIpc) is 2.01. The highest BCUT2D eigenvalue weighted by Crippen LogP contribution is 2.17. The van der Waals surface area contributed by atoms with E-state index in [1.165, 1.54) is 0 Å². The van der Waals surface area contributed by atoms with Crippen LogP contribution in [0.3, 0.4) is 0 Å². The van der Waals surface area contributed by atoms with Gasteiger partial charge in [0.2, 0.25) is 0 Å². The molecule has 2 nitrogen and oxygen atoms in total. The number of ketones is 2. The molecular weight excluding hydrogens is 164 g/mol. The smallest absolute Gasteiger partial charge is 0.165 e. The van der Waals surface area contributed by atoms with Crippen molar-refractivity contribution in [2.45, 2.75) is 41.0 Å². The second-order valence-electron chi connectivity index (χ2n) is 4.24. The molecule has 0 aromatic rings. The molecular formula is C11H18O2. The van der Waals surface area contributed by atoms with E-state index >= 15 is 0 Å². The predicted octanol–water partition coefficient (Wildman–Crippen LogP) is 2.53. The highest BCUT2D eigenvalue weighted by atomic mass is 16.1. The van der Waals surface area contributed by atoms with Crippen molar-refractivity contribution in [3.63, 3.8) is 0 Å². The van der Waals surface area contributed by atoms with E-state index in [1.54, 1.807) is 19.9 Å². The van der Waals surface area contributed by atoms with Crippen LogP contribution in [0.4, 0.5) is 0 Å². The summed E-state index contributed by atoms with van der Waals surface area (Å²) >= 11 is 0. The molecule has 0 aromatic carbocycles. The zero-order chi connectivity index (χ0) is 10.6. The molecule has 0 radical (unpaired) electrons. The monoisotopic (exact) mass is 182 g/mol. The van der Waals surface area contributed by atoms with Gasteiger partial charge in [-0.25, -0.2) is 0 Å². The number of allylic oxidation sites excluding steroid dienone is 2. The number of carbonyl (C=O) groups excluding carboxylic acids is 2. The number of hydrogen-bond donors (Lipinski definition) is 0. The number of carbonyl (C=O) groups is 2. The highest BCUT2D eigenvalue weighted by Gasteiger charge is 2.23. The molecule has 0 saturated heterocycles. The Labute approximate surface area is 80.0 Å². The minimum absolute atomic E-state index is 0.00120. The van der Waals surface area contributed by atoms with Crippen molar-refractivity contribution in [1.29, 1.82) is 0 Å². The van der Waals surface area contributed by atoms with Gasteiger partial charge < -0.3 is 0 Å². The first kappa shape index (κ1) is 12.1. The third-order valence-corrected chi connectivity index (χ3v) is 2.03. The van der Waals surface area contributed by atoms with Gasteiger partial charge in [0.15, 0.2) is 5.78 Å². The van der Waals surface area contributed by atoms with Gasteiger partial charge in [-0.05, 0) is 19.4 Å². The maximum atomic E-state index is 11.4. The lowest BCUT2D eigenvalue weighted by molar-refractivity contribution is -0.130. The fourth-order valence-electron chi connectivity index (χ4n) is 0.711. The standard InChI is InChI=1S/C11H18O2/c1-6-8(2)9(12)7-10(13)11(3,4)5/h6H,7H2,1-5H3/b8-6-. The predicted molar refractivity (Wildman–Crippen MR) is 53.5 cm³/mol. The average molecular weight is 182 g/mol. The molecule has 0 aliphatic carbocycles. The van der Waals surface area contributed by atoms with E-state index in [1.807, 2.05) is 20.8 Å². The molecule has 0 spiro atoms. The van der Waals surface area contributed by atoms with Crippen LogP contribution in [0, 0.1) is 5.41 Å². The Morgan fingerprint density at radius 3 is 2.00 bits per heavy atom. The molecule has 0 heterocycles. The minimum Gasteiger partial charge on any atom is -0.299 e. The van der Waals surface area contributed by atoms with Crippen LogP contribution >= 0.6 is 0 Å². The van der Waals surface area contributed by atoms with E-state index < -0.39 is 5.41 Å².